The summed E-state index contributed by atoms with van der Waals surface area (Å²) in [5.74, 6) is -1.80. The van der Waals surface area contributed by atoms with Crippen molar-refractivity contribution in [2.45, 2.75) is 28.4 Å². The summed E-state index contributed by atoms with van der Waals surface area (Å²) in [6.07, 6.45) is 1.33. The molecule has 0 radical (unpaired) electrons. The standard InChI is InChI=1S/C18H15NO6S/c20-17(21)11-1-3-13(4-2-11)26-16-10-14-12(9-15(16)19(22)23)5-6-18(14)24-7-8-25-18/h1-4,9-10H,5-8H2,(H,20,21). The topological polar surface area (TPSA) is 98.9 Å². The molecule has 0 aromatic heterocycles. The Morgan fingerprint density at radius 2 is 1.88 bits per heavy atom. The Labute approximate surface area is 153 Å². The van der Waals surface area contributed by atoms with Crippen LogP contribution < -0.4 is 0 Å². The lowest BCUT2D eigenvalue weighted by molar-refractivity contribution is -0.387. The molecule has 1 aliphatic heterocycles. The number of carboxylic acid groups (broad SMARTS) is 1. The lowest BCUT2D eigenvalue weighted by Gasteiger charge is -2.23. The normalized spacial score (nSPS) is 17.4. The molecule has 1 aliphatic carbocycles. The number of carboxylic acids is 1. The first-order valence-corrected chi connectivity index (χ1v) is 8.91. The van der Waals surface area contributed by atoms with Crippen molar-refractivity contribution < 1.29 is 24.3 Å². The molecule has 0 saturated carbocycles. The van der Waals surface area contributed by atoms with Crippen LogP contribution in [0.4, 0.5) is 5.69 Å². The number of nitro benzene ring substituents is 1. The summed E-state index contributed by atoms with van der Waals surface area (Å²) in [7, 11) is 0. The minimum Gasteiger partial charge on any atom is -0.478 e. The Balaban J connectivity index is 1.72. The van der Waals surface area contributed by atoms with Crippen molar-refractivity contribution in [3.8, 4) is 0 Å². The van der Waals surface area contributed by atoms with E-state index in [4.69, 9.17) is 14.6 Å². The van der Waals surface area contributed by atoms with Gasteiger partial charge in [0.2, 0.25) is 0 Å². The molecule has 1 N–H and O–H groups in total. The quantitative estimate of drug-likeness (QED) is 0.646. The number of aromatic carboxylic acids is 1. The van der Waals surface area contributed by atoms with E-state index >= 15 is 0 Å². The van der Waals surface area contributed by atoms with Crippen LogP contribution in [0.15, 0.2) is 46.2 Å². The summed E-state index contributed by atoms with van der Waals surface area (Å²) in [5.41, 5.74) is 1.94. The van der Waals surface area contributed by atoms with E-state index < -0.39 is 16.7 Å². The van der Waals surface area contributed by atoms with Crippen molar-refractivity contribution in [2.75, 3.05) is 13.2 Å². The first-order valence-electron chi connectivity index (χ1n) is 8.09. The van der Waals surface area contributed by atoms with E-state index in [-0.39, 0.29) is 11.3 Å². The highest BCUT2D eigenvalue weighted by Crippen LogP contribution is 2.47. The fourth-order valence-electron chi connectivity index (χ4n) is 3.38. The number of rotatable bonds is 4. The van der Waals surface area contributed by atoms with Gasteiger partial charge in [-0.2, -0.15) is 0 Å². The zero-order valence-corrected chi connectivity index (χ0v) is 14.5. The monoisotopic (exact) mass is 373 g/mol. The van der Waals surface area contributed by atoms with Gasteiger partial charge >= 0.3 is 5.97 Å². The maximum absolute atomic E-state index is 11.5. The van der Waals surface area contributed by atoms with E-state index in [0.29, 0.717) is 31.0 Å². The van der Waals surface area contributed by atoms with E-state index in [1.807, 2.05) is 0 Å². The van der Waals surface area contributed by atoms with Crippen LogP contribution in [0.25, 0.3) is 0 Å². The fraction of sp³-hybridized carbons (Fsp3) is 0.278. The number of carbonyl (C=O) groups is 1. The third-order valence-electron chi connectivity index (χ3n) is 4.60. The van der Waals surface area contributed by atoms with Crippen LogP contribution in [0.2, 0.25) is 0 Å². The maximum Gasteiger partial charge on any atom is 0.335 e. The summed E-state index contributed by atoms with van der Waals surface area (Å²) in [4.78, 5) is 23.3. The molecule has 26 heavy (non-hydrogen) atoms. The smallest absolute Gasteiger partial charge is 0.335 e. The average molecular weight is 373 g/mol. The second-order valence-corrected chi connectivity index (χ2v) is 7.23. The Kier molecular flexibility index (Phi) is 4.18. The molecule has 0 amide bonds. The summed E-state index contributed by atoms with van der Waals surface area (Å²) < 4.78 is 11.6. The van der Waals surface area contributed by atoms with Crippen LogP contribution in [0.1, 0.15) is 27.9 Å². The second kappa shape index (κ2) is 6.39. The van der Waals surface area contributed by atoms with Gasteiger partial charge in [-0.1, -0.05) is 11.8 Å². The SMILES string of the molecule is O=C(O)c1ccc(Sc2cc3c(cc2[N+](=O)[O-])CCC32OCCO2)cc1. The van der Waals surface area contributed by atoms with Gasteiger partial charge in [0.15, 0.2) is 5.79 Å². The molecule has 4 rings (SSSR count). The van der Waals surface area contributed by atoms with Crippen LogP contribution in [-0.4, -0.2) is 29.2 Å². The predicted molar refractivity (Wildman–Crippen MR) is 92.5 cm³/mol. The second-order valence-electron chi connectivity index (χ2n) is 6.12. The number of fused-ring (bicyclic) bond motifs is 2. The zero-order chi connectivity index (χ0) is 18.3. The van der Waals surface area contributed by atoms with Gasteiger partial charge in [-0.05, 0) is 42.3 Å². The van der Waals surface area contributed by atoms with Crippen LogP contribution in [0, 0.1) is 10.1 Å². The zero-order valence-electron chi connectivity index (χ0n) is 13.6. The Morgan fingerprint density at radius 3 is 2.50 bits per heavy atom. The van der Waals surface area contributed by atoms with Gasteiger partial charge in [0.25, 0.3) is 5.69 Å². The highest BCUT2D eigenvalue weighted by molar-refractivity contribution is 7.99. The molecule has 2 aromatic carbocycles. The number of aryl methyl sites for hydroxylation is 1. The Hall–Kier alpha value is -2.42. The van der Waals surface area contributed by atoms with E-state index in [9.17, 15) is 14.9 Å². The summed E-state index contributed by atoms with van der Waals surface area (Å²) >= 11 is 1.23. The van der Waals surface area contributed by atoms with Gasteiger partial charge in [0.1, 0.15) is 0 Å². The van der Waals surface area contributed by atoms with Crippen molar-refractivity contribution in [2.24, 2.45) is 0 Å². The molecule has 0 bridgehead atoms. The van der Waals surface area contributed by atoms with Crippen molar-refractivity contribution >= 4 is 23.4 Å². The molecule has 7 nitrogen and oxygen atoms in total. The third-order valence-corrected chi connectivity index (χ3v) is 5.65. The lowest BCUT2D eigenvalue weighted by Crippen LogP contribution is -2.23. The van der Waals surface area contributed by atoms with Crippen LogP contribution in [0.5, 0.6) is 0 Å². The lowest BCUT2D eigenvalue weighted by atomic mass is 10.1. The van der Waals surface area contributed by atoms with Gasteiger partial charge < -0.3 is 14.6 Å². The third kappa shape index (κ3) is 2.86. The molecule has 1 spiro atoms. The molecule has 0 unspecified atom stereocenters. The van der Waals surface area contributed by atoms with Crippen molar-refractivity contribution in [1.29, 1.82) is 0 Å². The Bertz CT molecular complexity index is 889. The van der Waals surface area contributed by atoms with Crippen molar-refractivity contribution in [3.05, 3.63) is 63.2 Å². The van der Waals surface area contributed by atoms with Gasteiger partial charge in [0.05, 0.1) is 28.6 Å². The number of benzene rings is 2. The molecule has 2 aliphatic rings. The number of nitro groups is 1. The minimum absolute atomic E-state index is 0.0334. The number of ether oxygens (including phenoxy) is 2. The molecule has 1 fully saturated rings. The highest BCUT2D eigenvalue weighted by Gasteiger charge is 2.45. The number of hydrogen-bond donors (Lipinski definition) is 1. The maximum atomic E-state index is 11.5. The van der Waals surface area contributed by atoms with Crippen LogP contribution in [0.3, 0.4) is 0 Å². The van der Waals surface area contributed by atoms with E-state index in [2.05, 4.69) is 0 Å². The fourth-order valence-corrected chi connectivity index (χ4v) is 4.32. The van der Waals surface area contributed by atoms with Gasteiger partial charge in [0, 0.05) is 22.9 Å². The molecule has 1 heterocycles. The number of hydrogen-bond acceptors (Lipinski definition) is 6. The highest BCUT2D eigenvalue weighted by atomic mass is 32.2. The van der Waals surface area contributed by atoms with E-state index in [0.717, 1.165) is 16.0 Å². The largest absolute Gasteiger partial charge is 0.478 e. The summed E-state index contributed by atoms with van der Waals surface area (Å²) in [5, 5.41) is 20.5. The van der Waals surface area contributed by atoms with Crippen LogP contribution in [-0.2, 0) is 21.7 Å². The molecule has 1 saturated heterocycles. The molecule has 0 atom stereocenters. The molecule has 2 aromatic rings. The first kappa shape index (κ1) is 17.0. The minimum atomic E-state index is -1.01. The molecular weight excluding hydrogens is 358 g/mol. The van der Waals surface area contributed by atoms with Gasteiger partial charge in [-0.25, -0.2) is 4.79 Å². The first-order chi connectivity index (χ1) is 12.5. The van der Waals surface area contributed by atoms with Gasteiger partial charge in [-0.15, -0.1) is 0 Å². The average Bonchev–Trinajstić information content (AvgIpc) is 3.23. The summed E-state index contributed by atoms with van der Waals surface area (Å²) in [6.45, 7) is 1.02. The van der Waals surface area contributed by atoms with E-state index in [1.54, 1.807) is 24.3 Å². The molecule has 134 valence electrons. The molecule has 8 heteroatoms. The van der Waals surface area contributed by atoms with Crippen LogP contribution >= 0.6 is 11.8 Å². The van der Waals surface area contributed by atoms with Crippen molar-refractivity contribution in [3.63, 3.8) is 0 Å². The number of nitrogens with zero attached hydrogens (tertiary/aromatic N) is 1. The molecular formula is C18H15NO6S. The van der Waals surface area contributed by atoms with E-state index in [1.165, 1.54) is 23.9 Å². The summed E-state index contributed by atoms with van der Waals surface area (Å²) in [6, 6.07) is 9.63. The van der Waals surface area contributed by atoms with Crippen molar-refractivity contribution in [1.82, 2.24) is 0 Å². The van der Waals surface area contributed by atoms with Gasteiger partial charge in [-0.3, -0.25) is 10.1 Å². The predicted octanol–water partition coefficient (Wildman–Crippen LogP) is 3.59. The Morgan fingerprint density at radius 1 is 1.19 bits per heavy atom.